The van der Waals surface area contributed by atoms with Gasteiger partial charge in [0.25, 0.3) is 0 Å². The summed E-state index contributed by atoms with van der Waals surface area (Å²) < 4.78 is 25.4. The van der Waals surface area contributed by atoms with Crippen molar-refractivity contribution in [3.63, 3.8) is 0 Å². The SMILES string of the molecule is CNc1ncc2c3cc(ncc13)Nc1cccc(n1)OCCCOc1cc(ncc1F)C#C2. The van der Waals surface area contributed by atoms with Crippen molar-refractivity contribution >= 4 is 28.2 Å². The molecule has 6 bridgehead atoms. The van der Waals surface area contributed by atoms with Crippen LogP contribution in [0.5, 0.6) is 11.6 Å². The lowest BCUT2D eigenvalue weighted by Gasteiger charge is -2.11. The average Bonchev–Trinajstić information content (AvgIpc) is 2.83. The van der Waals surface area contributed by atoms with Gasteiger partial charge in [-0.25, -0.2) is 19.3 Å². The molecule has 33 heavy (non-hydrogen) atoms. The molecule has 5 rings (SSSR count). The molecule has 9 heteroatoms. The van der Waals surface area contributed by atoms with E-state index >= 15 is 0 Å². The fourth-order valence-corrected chi connectivity index (χ4v) is 3.35. The van der Waals surface area contributed by atoms with Gasteiger partial charge in [0.15, 0.2) is 11.6 Å². The maximum atomic E-state index is 14.1. The number of pyridine rings is 4. The van der Waals surface area contributed by atoms with Crippen molar-refractivity contribution in [2.45, 2.75) is 6.42 Å². The molecule has 4 aromatic rings. The van der Waals surface area contributed by atoms with Crippen LogP contribution in [-0.4, -0.2) is 40.2 Å². The zero-order valence-corrected chi connectivity index (χ0v) is 17.7. The predicted molar refractivity (Wildman–Crippen MR) is 122 cm³/mol. The van der Waals surface area contributed by atoms with Gasteiger partial charge < -0.3 is 20.1 Å². The van der Waals surface area contributed by atoms with Crippen molar-refractivity contribution in [1.29, 1.82) is 0 Å². The van der Waals surface area contributed by atoms with Gasteiger partial charge in [0.05, 0.1) is 25.0 Å². The number of ether oxygens (including phenoxy) is 2. The van der Waals surface area contributed by atoms with E-state index < -0.39 is 5.82 Å². The molecule has 0 saturated carbocycles. The molecule has 0 radical (unpaired) electrons. The van der Waals surface area contributed by atoms with Crippen LogP contribution in [0.4, 0.5) is 21.8 Å². The van der Waals surface area contributed by atoms with Crippen molar-refractivity contribution in [1.82, 2.24) is 19.9 Å². The van der Waals surface area contributed by atoms with Gasteiger partial charge in [0, 0.05) is 48.8 Å². The topological polar surface area (TPSA) is 94.1 Å². The second-order valence-corrected chi connectivity index (χ2v) is 7.17. The van der Waals surface area contributed by atoms with Crippen molar-refractivity contribution < 1.29 is 13.9 Å². The first-order valence-corrected chi connectivity index (χ1v) is 10.3. The van der Waals surface area contributed by atoms with Crippen LogP contribution in [0, 0.1) is 17.7 Å². The van der Waals surface area contributed by atoms with Crippen LogP contribution in [0.15, 0.2) is 48.9 Å². The molecule has 0 spiro atoms. The number of nitrogens with zero attached hydrogens (tertiary/aromatic N) is 4. The highest BCUT2D eigenvalue weighted by Crippen LogP contribution is 2.27. The molecular formula is C24H19FN6O2. The number of rotatable bonds is 1. The summed E-state index contributed by atoms with van der Waals surface area (Å²) in [6.45, 7) is 0.642. The molecule has 0 aliphatic carbocycles. The quantitative estimate of drug-likeness (QED) is 0.429. The molecule has 164 valence electrons. The fourth-order valence-electron chi connectivity index (χ4n) is 3.35. The second-order valence-electron chi connectivity index (χ2n) is 7.17. The second kappa shape index (κ2) is 8.96. The van der Waals surface area contributed by atoms with Crippen molar-refractivity contribution in [2.24, 2.45) is 0 Å². The highest BCUT2D eigenvalue weighted by atomic mass is 19.1. The Labute approximate surface area is 189 Å². The van der Waals surface area contributed by atoms with Gasteiger partial charge in [0.1, 0.15) is 23.1 Å². The summed E-state index contributed by atoms with van der Waals surface area (Å²) >= 11 is 0. The Morgan fingerprint density at radius 2 is 1.88 bits per heavy atom. The van der Waals surface area contributed by atoms with Gasteiger partial charge in [-0.05, 0) is 18.1 Å². The zero-order chi connectivity index (χ0) is 22.6. The Bertz CT molecular complexity index is 1400. The normalized spacial score (nSPS) is 12.9. The lowest BCUT2D eigenvalue weighted by atomic mass is 10.1. The first-order chi connectivity index (χ1) is 16.2. The first kappa shape index (κ1) is 20.5. The lowest BCUT2D eigenvalue weighted by molar-refractivity contribution is 0.236. The Kier molecular flexibility index (Phi) is 5.55. The van der Waals surface area contributed by atoms with Crippen molar-refractivity contribution in [2.75, 3.05) is 30.9 Å². The fraction of sp³-hybridized carbons (Fsp3) is 0.167. The minimum Gasteiger partial charge on any atom is -0.490 e. The maximum Gasteiger partial charge on any atom is 0.215 e. The Morgan fingerprint density at radius 3 is 2.79 bits per heavy atom. The Morgan fingerprint density at radius 1 is 0.970 bits per heavy atom. The summed E-state index contributed by atoms with van der Waals surface area (Å²) in [7, 11) is 1.79. The molecule has 0 saturated heterocycles. The van der Waals surface area contributed by atoms with E-state index in [4.69, 9.17) is 9.47 Å². The summed E-state index contributed by atoms with van der Waals surface area (Å²) in [5, 5.41) is 7.93. The first-order valence-electron chi connectivity index (χ1n) is 10.3. The third-order valence-corrected chi connectivity index (χ3v) is 4.93. The van der Waals surface area contributed by atoms with Crippen molar-refractivity contribution in [3.8, 4) is 23.5 Å². The Hall–Kier alpha value is -4.45. The van der Waals surface area contributed by atoms with E-state index in [2.05, 4.69) is 42.4 Å². The molecule has 8 nitrogen and oxygen atoms in total. The summed E-state index contributed by atoms with van der Waals surface area (Å²) in [5.74, 6) is 7.97. The van der Waals surface area contributed by atoms with Crippen LogP contribution in [-0.2, 0) is 0 Å². The molecule has 2 N–H and O–H groups in total. The number of nitrogens with one attached hydrogen (secondary N) is 2. The predicted octanol–water partition coefficient (Wildman–Crippen LogP) is 3.91. The molecule has 0 fully saturated rings. The van der Waals surface area contributed by atoms with E-state index in [1.54, 1.807) is 25.5 Å². The van der Waals surface area contributed by atoms with Gasteiger partial charge in [-0.2, -0.15) is 4.98 Å². The van der Waals surface area contributed by atoms with Gasteiger partial charge >= 0.3 is 0 Å². The monoisotopic (exact) mass is 442 g/mol. The number of fused-ring (bicyclic) bond motifs is 5. The van der Waals surface area contributed by atoms with E-state index in [9.17, 15) is 4.39 Å². The summed E-state index contributed by atoms with van der Waals surface area (Å²) in [5.41, 5.74) is 1.07. The van der Waals surface area contributed by atoms with Gasteiger partial charge in [-0.3, -0.25) is 0 Å². The van der Waals surface area contributed by atoms with Crippen LogP contribution in [0.1, 0.15) is 17.7 Å². The van der Waals surface area contributed by atoms with Crippen LogP contribution in [0.25, 0.3) is 10.8 Å². The number of hydrogen-bond acceptors (Lipinski definition) is 8. The molecule has 4 aromatic heterocycles. The van der Waals surface area contributed by atoms with E-state index in [1.807, 2.05) is 18.2 Å². The van der Waals surface area contributed by atoms with Crippen LogP contribution in [0.2, 0.25) is 0 Å². The van der Waals surface area contributed by atoms with E-state index in [-0.39, 0.29) is 12.4 Å². The molecule has 0 unspecified atom stereocenters. The summed E-state index contributed by atoms with van der Waals surface area (Å²) in [4.78, 5) is 17.5. The number of aromatic nitrogens is 4. The molecule has 0 atom stereocenters. The molecule has 1 aliphatic rings. The summed E-state index contributed by atoms with van der Waals surface area (Å²) in [6.07, 6.45) is 5.06. The van der Waals surface area contributed by atoms with Gasteiger partial charge in [0.2, 0.25) is 5.88 Å². The number of anilines is 3. The highest BCUT2D eigenvalue weighted by molar-refractivity contribution is 5.96. The molecule has 5 heterocycles. The number of halogens is 1. The van der Waals surface area contributed by atoms with Gasteiger partial charge in [-0.15, -0.1) is 0 Å². The molecule has 0 aromatic carbocycles. The standard InChI is InChI=1S/C24H19FN6O2/c1-26-24-18-13-28-22-11-17(18)15(12-29-24)6-7-16-10-20(19(25)14-27-16)32-8-3-9-33-23-5-2-4-21(30-22)31-23/h2,4-5,10-14H,3,8-9H2,1H3,(H,26,29)(H,28,30,31). The molecular weight excluding hydrogens is 423 g/mol. The van der Waals surface area contributed by atoms with Crippen LogP contribution < -0.4 is 20.1 Å². The van der Waals surface area contributed by atoms with Crippen LogP contribution >= 0.6 is 0 Å². The van der Waals surface area contributed by atoms with E-state index in [0.29, 0.717) is 47.6 Å². The Balaban J connectivity index is 1.64. The molecule has 1 aliphatic heterocycles. The minimum atomic E-state index is -0.544. The van der Waals surface area contributed by atoms with Gasteiger partial charge in [-0.1, -0.05) is 12.0 Å². The van der Waals surface area contributed by atoms with E-state index in [0.717, 1.165) is 17.0 Å². The average molecular weight is 442 g/mol. The smallest absolute Gasteiger partial charge is 0.215 e. The largest absolute Gasteiger partial charge is 0.490 e. The molecule has 0 amide bonds. The van der Waals surface area contributed by atoms with E-state index in [1.165, 1.54) is 6.07 Å². The highest BCUT2D eigenvalue weighted by Gasteiger charge is 2.10. The third-order valence-electron chi connectivity index (χ3n) is 4.93. The maximum absolute atomic E-state index is 14.1. The van der Waals surface area contributed by atoms with Crippen molar-refractivity contribution in [3.05, 3.63) is 66.0 Å². The summed E-state index contributed by atoms with van der Waals surface area (Å²) in [6, 6.07) is 8.81. The van der Waals surface area contributed by atoms with Crippen LogP contribution in [0.3, 0.4) is 0 Å². The number of hydrogen-bond donors (Lipinski definition) is 2. The minimum absolute atomic E-state index is 0.0970. The zero-order valence-electron chi connectivity index (χ0n) is 17.7. The lowest BCUT2D eigenvalue weighted by Crippen LogP contribution is -2.07. The third kappa shape index (κ3) is 4.45.